The minimum Gasteiger partial charge on any atom is -0.258 e. The van der Waals surface area contributed by atoms with Crippen LogP contribution in [0, 0.1) is 13.8 Å². The molecule has 2 atom stereocenters. The molecule has 4 rings (SSSR count). The van der Waals surface area contributed by atoms with E-state index in [1.807, 2.05) is 60.7 Å². The SMILES string of the molecule is Cc1ccccc1C(c1ccccc1)S(=O)C(c1ccccc1)c1ccccc1C. The molecule has 0 aromatic heterocycles. The first-order valence-corrected chi connectivity index (χ1v) is 11.5. The van der Waals surface area contributed by atoms with Crippen LogP contribution in [0.2, 0.25) is 0 Å². The van der Waals surface area contributed by atoms with Gasteiger partial charge in [0.15, 0.2) is 0 Å². The summed E-state index contributed by atoms with van der Waals surface area (Å²) in [6.45, 7) is 4.21. The third kappa shape index (κ3) is 4.15. The summed E-state index contributed by atoms with van der Waals surface area (Å²) in [6, 6.07) is 37.1. The molecule has 0 aliphatic carbocycles. The Bertz CT molecular complexity index is 1040. The van der Waals surface area contributed by atoms with Crippen LogP contribution in [-0.4, -0.2) is 4.21 Å². The van der Waals surface area contributed by atoms with Gasteiger partial charge >= 0.3 is 0 Å². The van der Waals surface area contributed by atoms with Crippen molar-refractivity contribution < 1.29 is 4.21 Å². The van der Waals surface area contributed by atoms with E-state index in [-0.39, 0.29) is 10.5 Å². The number of hydrogen-bond acceptors (Lipinski definition) is 1. The fraction of sp³-hybridized carbons (Fsp3) is 0.143. The molecule has 0 saturated heterocycles. The van der Waals surface area contributed by atoms with Crippen LogP contribution in [0.3, 0.4) is 0 Å². The fourth-order valence-corrected chi connectivity index (χ4v) is 6.18. The maximum absolute atomic E-state index is 14.5. The molecule has 0 spiro atoms. The van der Waals surface area contributed by atoms with Gasteiger partial charge in [0.1, 0.15) is 0 Å². The number of rotatable bonds is 6. The molecule has 0 saturated carbocycles. The van der Waals surface area contributed by atoms with Crippen molar-refractivity contribution in [2.24, 2.45) is 0 Å². The summed E-state index contributed by atoms with van der Waals surface area (Å²) in [5, 5.41) is -0.422. The lowest BCUT2D eigenvalue weighted by molar-refractivity contribution is 0.672. The predicted molar refractivity (Wildman–Crippen MR) is 127 cm³/mol. The normalized spacial score (nSPS) is 14.1. The number of aryl methyl sites for hydroxylation is 2. The Morgan fingerprint density at radius 3 is 1.20 bits per heavy atom. The second-order valence-electron chi connectivity index (χ2n) is 7.62. The zero-order valence-electron chi connectivity index (χ0n) is 17.4. The van der Waals surface area contributed by atoms with Crippen LogP contribution in [0.15, 0.2) is 109 Å². The molecule has 4 aromatic carbocycles. The predicted octanol–water partition coefficient (Wildman–Crippen LogP) is 6.93. The largest absolute Gasteiger partial charge is 0.258 e. The van der Waals surface area contributed by atoms with E-state index in [9.17, 15) is 4.21 Å². The van der Waals surface area contributed by atoms with E-state index in [4.69, 9.17) is 0 Å². The molecule has 0 radical (unpaired) electrons. The minimum absolute atomic E-state index is 0.211. The van der Waals surface area contributed by atoms with Crippen LogP contribution in [0.1, 0.15) is 43.9 Å². The highest BCUT2D eigenvalue weighted by Gasteiger charge is 2.31. The van der Waals surface area contributed by atoms with Crippen molar-refractivity contribution in [2.75, 3.05) is 0 Å². The summed E-state index contributed by atoms with van der Waals surface area (Å²) < 4.78 is 14.5. The van der Waals surface area contributed by atoms with E-state index in [1.54, 1.807) is 0 Å². The quantitative estimate of drug-likeness (QED) is 0.337. The standard InChI is InChI=1S/C28H26OS/c1-21-13-9-11-19-25(21)27(23-15-5-3-6-16-23)30(29)28(24-17-7-4-8-18-24)26-20-12-10-14-22(26)2/h3-20,27-28H,1-2H3. The van der Waals surface area contributed by atoms with Crippen LogP contribution >= 0.6 is 0 Å². The topological polar surface area (TPSA) is 17.1 Å². The fourth-order valence-electron chi connectivity index (χ4n) is 4.03. The van der Waals surface area contributed by atoms with Gasteiger partial charge in [-0.25, -0.2) is 0 Å². The third-order valence-electron chi connectivity index (χ3n) is 5.61. The van der Waals surface area contributed by atoms with Gasteiger partial charge in [0, 0.05) is 10.8 Å². The van der Waals surface area contributed by atoms with Gasteiger partial charge in [0.05, 0.1) is 10.5 Å². The van der Waals surface area contributed by atoms with Crippen molar-refractivity contribution >= 4 is 10.8 Å². The zero-order chi connectivity index (χ0) is 20.9. The van der Waals surface area contributed by atoms with Crippen LogP contribution in [-0.2, 0) is 10.8 Å². The summed E-state index contributed by atoms with van der Waals surface area (Å²) in [4.78, 5) is 0. The number of benzene rings is 4. The van der Waals surface area contributed by atoms with E-state index in [1.165, 1.54) is 0 Å². The molecule has 1 nitrogen and oxygen atoms in total. The smallest absolute Gasteiger partial charge is 0.0859 e. The average molecular weight is 411 g/mol. The van der Waals surface area contributed by atoms with E-state index in [0.717, 1.165) is 33.4 Å². The Hall–Kier alpha value is -2.97. The third-order valence-corrected chi connectivity index (χ3v) is 7.59. The van der Waals surface area contributed by atoms with E-state index in [2.05, 4.69) is 62.4 Å². The van der Waals surface area contributed by atoms with Crippen molar-refractivity contribution in [3.05, 3.63) is 143 Å². The second-order valence-corrected chi connectivity index (χ2v) is 9.22. The minimum atomic E-state index is -1.22. The van der Waals surface area contributed by atoms with Crippen molar-refractivity contribution in [3.8, 4) is 0 Å². The Labute approximate surface area is 181 Å². The van der Waals surface area contributed by atoms with Crippen LogP contribution < -0.4 is 0 Å². The molecule has 2 unspecified atom stereocenters. The molecule has 0 amide bonds. The second kappa shape index (κ2) is 9.23. The highest BCUT2D eigenvalue weighted by molar-refractivity contribution is 7.86. The molecule has 2 heteroatoms. The van der Waals surface area contributed by atoms with Crippen molar-refractivity contribution in [1.29, 1.82) is 0 Å². The summed E-state index contributed by atoms with van der Waals surface area (Å²) in [7, 11) is -1.22. The maximum Gasteiger partial charge on any atom is 0.0859 e. The Morgan fingerprint density at radius 2 is 0.833 bits per heavy atom. The Kier molecular flexibility index (Phi) is 6.25. The molecule has 0 fully saturated rings. The molecule has 0 aliphatic heterocycles. The lowest BCUT2D eigenvalue weighted by Crippen LogP contribution is -2.18. The maximum atomic E-state index is 14.5. The van der Waals surface area contributed by atoms with Gasteiger partial charge in [0.2, 0.25) is 0 Å². The Morgan fingerprint density at radius 1 is 0.500 bits per heavy atom. The van der Waals surface area contributed by atoms with Gasteiger partial charge in [-0.1, -0.05) is 109 Å². The molecule has 30 heavy (non-hydrogen) atoms. The lowest BCUT2D eigenvalue weighted by atomic mass is 9.99. The Balaban J connectivity index is 1.91. The first kappa shape index (κ1) is 20.3. The highest BCUT2D eigenvalue weighted by Crippen LogP contribution is 2.40. The van der Waals surface area contributed by atoms with Gasteiger partial charge in [-0.05, 0) is 47.2 Å². The van der Waals surface area contributed by atoms with E-state index in [0.29, 0.717) is 0 Å². The van der Waals surface area contributed by atoms with Gasteiger partial charge in [0.25, 0.3) is 0 Å². The van der Waals surface area contributed by atoms with E-state index >= 15 is 0 Å². The van der Waals surface area contributed by atoms with Gasteiger partial charge in [-0.2, -0.15) is 0 Å². The first-order chi connectivity index (χ1) is 14.7. The summed E-state index contributed by atoms with van der Waals surface area (Å²) in [5.41, 5.74) is 6.74. The van der Waals surface area contributed by atoms with Gasteiger partial charge in [-0.3, -0.25) is 4.21 Å². The van der Waals surface area contributed by atoms with Crippen LogP contribution in [0.4, 0.5) is 0 Å². The average Bonchev–Trinajstić information content (AvgIpc) is 2.78. The van der Waals surface area contributed by atoms with Crippen LogP contribution in [0.5, 0.6) is 0 Å². The molecule has 0 heterocycles. The van der Waals surface area contributed by atoms with Gasteiger partial charge < -0.3 is 0 Å². The summed E-state index contributed by atoms with van der Waals surface area (Å²) in [5.74, 6) is 0. The molecular weight excluding hydrogens is 384 g/mol. The summed E-state index contributed by atoms with van der Waals surface area (Å²) >= 11 is 0. The lowest BCUT2D eigenvalue weighted by Gasteiger charge is -2.27. The van der Waals surface area contributed by atoms with Gasteiger partial charge in [-0.15, -0.1) is 0 Å². The monoisotopic (exact) mass is 410 g/mol. The molecule has 0 aliphatic rings. The number of hydrogen-bond donors (Lipinski definition) is 0. The molecule has 0 bridgehead atoms. The van der Waals surface area contributed by atoms with Crippen molar-refractivity contribution in [1.82, 2.24) is 0 Å². The first-order valence-electron chi connectivity index (χ1n) is 10.3. The molecule has 4 aromatic rings. The molecule has 0 N–H and O–H groups in total. The highest BCUT2D eigenvalue weighted by atomic mass is 32.2. The van der Waals surface area contributed by atoms with Crippen LogP contribution in [0.25, 0.3) is 0 Å². The zero-order valence-corrected chi connectivity index (χ0v) is 18.2. The molecule has 150 valence electrons. The molecular formula is C28H26OS. The summed E-state index contributed by atoms with van der Waals surface area (Å²) in [6.07, 6.45) is 0. The van der Waals surface area contributed by atoms with Crippen molar-refractivity contribution in [2.45, 2.75) is 24.3 Å². The van der Waals surface area contributed by atoms with E-state index < -0.39 is 10.8 Å². The van der Waals surface area contributed by atoms with Crippen molar-refractivity contribution in [3.63, 3.8) is 0 Å².